The van der Waals surface area contributed by atoms with Crippen LogP contribution >= 0.6 is 23.1 Å². The molecule has 2 aromatic carbocycles. The van der Waals surface area contributed by atoms with Crippen molar-refractivity contribution in [3.05, 3.63) is 88.4 Å². The zero-order valence-corrected chi connectivity index (χ0v) is 18.9. The van der Waals surface area contributed by atoms with Crippen molar-refractivity contribution in [3.63, 3.8) is 0 Å². The number of hydrogen-bond acceptors (Lipinski definition) is 8. The van der Waals surface area contributed by atoms with Crippen molar-refractivity contribution in [2.45, 2.75) is 27.3 Å². The monoisotopic (exact) mass is 523 g/mol. The van der Waals surface area contributed by atoms with E-state index in [9.17, 15) is 27.5 Å². The van der Waals surface area contributed by atoms with E-state index in [1.807, 2.05) is 0 Å². The Labute approximate surface area is 202 Å². The second-order valence-corrected chi connectivity index (χ2v) is 9.73. The molecule has 0 radical (unpaired) electrons. The van der Waals surface area contributed by atoms with Crippen LogP contribution in [0.25, 0.3) is 22.1 Å². The zero-order chi connectivity index (χ0) is 24.8. The van der Waals surface area contributed by atoms with Gasteiger partial charge in [0.1, 0.15) is 23.9 Å². The SMILES string of the molecule is O=c1cc(-c2ccc(F)cc2)c2ccc(Sc3ncc(C(O)(C4OC=CO4)C(F)(F)F)s3)cc2o1. The number of aliphatic hydroxyl groups is 1. The first kappa shape index (κ1) is 23.4. The lowest BCUT2D eigenvalue weighted by molar-refractivity contribution is -0.327. The van der Waals surface area contributed by atoms with Gasteiger partial charge in [-0.3, -0.25) is 0 Å². The van der Waals surface area contributed by atoms with E-state index in [0.717, 1.165) is 30.5 Å². The van der Waals surface area contributed by atoms with Crippen molar-refractivity contribution in [2.24, 2.45) is 0 Å². The molecule has 4 aromatic rings. The average molecular weight is 523 g/mol. The normalized spacial score (nSPS) is 15.7. The van der Waals surface area contributed by atoms with E-state index in [-0.39, 0.29) is 9.92 Å². The first-order valence-electron chi connectivity index (χ1n) is 9.88. The fraction of sp³-hybridized carbons (Fsp3) is 0.130. The Balaban J connectivity index is 1.47. The summed E-state index contributed by atoms with van der Waals surface area (Å²) in [6.45, 7) is 0. The maximum atomic E-state index is 13.8. The molecule has 6 nitrogen and oxygen atoms in total. The minimum absolute atomic E-state index is 0.199. The summed E-state index contributed by atoms with van der Waals surface area (Å²) in [6.07, 6.45) is -4.34. The Morgan fingerprint density at radius 3 is 2.43 bits per heavy atom. The number of alkyl halides is 3. The molecule has 3 heterocycles. The van der Waals surface area contributed by atoms with E-state index in [2.05, 4.69) is 4.98 Å². The van der Waals surface area contributed by atoms with Gasteiger partial charge in [-0.25, -0.2) is 14.2 Å². The van der Waals surface area contributed by atoms with E-state index in [1.165, 1.54) is 18.2 Å². The minimum Gasteiger partial charge on any atom is -0.456 e. The van der Waals surface area contributed by atoms with Gasteiger partial charge >= 0.3 is 11.8 Å². The summed E-state index contributed by atoms with van der Waals surface area (Å²) in [6, 6.07) is 11.9. The van der Waals surface area contributed by atoms with Crippen molar-refractivity contribution in [3.8, 4) is 11.1 Å². The lowest BCUT2D eigenvalue weighted by Crippen LogP contribution is -2.51. The number of thiazole rings is 1. The highest BCUT2D eigenvalue weighted by molar-refractivity contribution is 8.01. The molecule has 0 spiro atoms. The lowest BCUT2D eigenvalue weighted by Gasteiger charge is -2.32. The number of nitrogens with zero attached hydrogens (tertiary/aromatic N) is 1. The molecule has 1 unspecified atom stereocenters. The third-order valence-electron chi connectivity index (χ3n) is 5.17. The van der Waals surface area contributed by atoms with E-state index in [4.69, 9.17) is 13.9 Å². The second kappa shape index (κ2) is 8.70. The largest absolute Gasteiger partial charge is 0.456 e. The average Bonchev–Trinajstić information content (AvgIpc) is 3.50. The number of ether oxygens (including phenoxy) is 2. The van der Waals surface area contributed by atoms with Crippen LogP contribution < -0.4 is 5.63 Å². The van der Waals surface area contributed by atoms with Crippen molar-refractivity contribution < 1.29 is 36.6 Å². The maximum Gasteiger partial charge on any atom is 0.429 e. The predicted molar refractivity (Wildman–Crippen MR) is 119 cm³/mol. The highest BCUT2D eigenvalue weighted by Gasteiger charge is 2.64. The Morgan fingerprint density at radius 2 is 1.74 bits per heavy atom. The van der Waals surface area contributed by atoms with E-state index < -0.39 is 34.4 Å². The van der Waals surface area contributed by atoms with Crippen LogP contribution in [-0.2, 0) is 15.1 Å². The number of fused-ring (bicyclic) bond motifs is 1. The van der Waals surface area contributed by atoms with Crippen LogP contribution in [-0.4, -0.2) is 22.6 Å². The van der Waals surface area contributed by atoms with Crippen molar-refractivity contribution in [2.75, 3.05) is 0 Å². The molecule has 1 atom stereocenters. The predicted octanol–water partition coefficient (Wildman–Crippen LogP) is 5.80. The first-order chi connectivity index (χ1) is 16.6. The molecule has 0 saturated carbocycles. The quantitative estimate of drug-likeness (QED) is 0.262. The summed E-state index contributed by atoms with van der Waals surface area (Å²) in [4.78, 5) is 16.1. The molecule has 0 aliphatic carbocycles. The van der Waals surface area contributed by atoms with Gasteiger partial charge in [0, 0.05) is 22.5 Å². The highest BCUT2D eigenvalue weighted by Crippen LogP contribution is 2.47. The smallest absolute Gasteiger partial charge is 0.429 e. The highest BCUT2D eigenvalue weighted by atomic mass is 32.2. The van der Waals surface area contributed by atoms with E-state index >= 15 is 0 Å². The molecular weight excluding hydrogens is 510 g/mol. The molecule has 2 aromatic heterocycles. The second-order valence-electron chi connectivity index (χ2n) is 7.38. The summed E-state index contributed by atoms with van der Waals surface area (Å²) in [5, 5.41) is 11.1. The Kier molecular flexibility index (Phi) is 5.82. The molecule has 0 amide bonds. The Bertz CT molecular complexity index is 1470. The van der Waals surface area contributed by atoms with Crippen molar-refractivity contribution >= 4 is 34.1 Å². The van der Waals surface area contributed by atoms with Crippen LogP contribution in [0.5, 0.6) is 0 Å². The number of hydrogen-bond donors (Lipinski definition) is 1. The van der Waals surface area contributed by atoms with Gasteiger partial charge in [-0.2, -0.15) is 13.2 Å². The summed E-state index contributed by atoms with van der Waals surface area (Å²) >= 11 is 1.65. The maximum absolute atomic E-state index is 13.8. The molecule has 1 aliphatic heterocycles. The summed E-state index contributed by atoms with van der Waals surface area (Å²) < 4.78 is 69.6. The molecule has 1 aliphatic rings. The summed E-state index contributed by atoms with van der Waals surface area (Å²) in [7, 11) is 0. The van der Waals surface area contributed by atoms with Crippen LogP contribution in [0.15, 0.2) is 85.7 Å². The molecule has 0 saturated heterocycles. The van der Waals surface area contributed by atoms with Gasteiger partial charge in [0.2, 0.25) is 0 Å². The molecular formula is C23H13F4NO5S2. The molecule has 5 rings (SSSR count). The van der Waals surface area contributed by atoms with Crippen LogP contribution in [0, 0.1) is 5.82 Å². The molecule has 12 heteroatoms. The third kappa shape index (κ3) is 4.28. The van der Waals surface area contributed by atoms with Crippen LogP contribution in [0.2, 0.25) is 0 Å². The molecule has 1 N–H and O–H groups in total. The number of rotatable bonds is 5. The Morgan fingerprint density at radius 1 is 1.03 bits per heavy atom. The number of aromatic nitrogens is 1. The van der Waals surface area contributed by atoms with Gasteiger partial charge in [-0.15, -0.1) is 11.3 Å². The fourth-order valence-electron chi connectivity index (χ4n) is 3.48. The first-order valence-corrected chi connectivity index (χ1v) is 11.5. The molecule has 180 valence electrons. The van der Waals surface area contributed by atoms with E-state index in [0.29, 0.717) is 32.7 Å². The van der Waals surface area contributed by atoms with Crippen LogP contribution in [0.1, 0.15) is 4.88 Å². The summed E-state index contributed by atoms with van der Waals surface area (Å²) in [5.74, 6) is -0.415. The van der Waals surface area contributed by atoms with Crippen LogP contribution in [0.3, 0.4) is 0 Å². The minimum atomic E-state index is -5.10. The number of halogens is 4. The van der Waals surface area contributed by atoms with Gasteiger partial charge in [0.15, 0.2) is 4.34 Å². The van der Waals surface area contributed by atoms with E-state index in [1.54, 1.807) is 30.3 Å². The number of benzene rings is 2. The van der Waals surface area contributed by atoms with Gasteiger partial charge in [0.25, 0.3) is 11.9 Å². The topological polar surface area (TPSA) is 81.8 Å². The lowest BCUT2D eigenvalue weighted by atomic mass is 10.0. The van der Waals surface area contributed by atoms with Crippen molar-refractivity contribution in [1.82, 2.24) is 4.98 Å². The van der Waals surface area contributed by atoms with Gasteiger partial charge < -0.3 is 19.0 Å². The van der Waals surface area contributed by atoms with Gasteiger partial charge in [-0.05, 0) is 41.5 Å². The van der Waals surface area contributed by atoms with Crippen LogP contribution in [0.4, 0.5) is 17.6 Å². The zero-order valence-electron chi connectivity index (χ0n) is 17.3. The standard InChI is InChI=1S/C23H13F4NO5S2/c24-13-3-1-12(2-4-13)16-10-19(29)33-17-9-14(5-6-15(16)17)34-21-28-11-18(35-21)22(30,23(25,26)27)20-31-7-8-32-20/h1-11,20,30H. The van der Waals surface area contributed by atoms with Crippen molar-refractivity contribution in [1.29, 1.82) is 0 Å². The molecule has 35 heavy (non-hydrogen) atoms. The molecule has 0 bridgehead atoms. The molecule has 0 fully saturated rings. The summed E-state index contributed by atoms with van der Waals surface area (Å²) in [5.41, 5.74) is -2.64. The fourth-order valence-corrected chi connectivity index (χ4v) is 5.58. The third-order valence-corrected chi connectivity index (χ3v) is 7.36. The Hall–Kier alpha value is -3.35. The van der Waals surface area contributed by atoms with Gasteiger partial charge in [0.05, 0.1) is 4.88 Å². The van der Waals surface area contributed by atoms with Gasteiger partial charge in [-0.1, -0.05) is 23.9 Å².